The number of carbonyl (C=O) groups excluding carboxylic acids is 2. The molecule has 2 amide bonds. The van der Waals surface area contributed by atoms with Gasteiger partial charge in [0.05, 0.1) is 0 Å². The Bertz CT molecular complexity index is 584. The maximum atomic E-state index is 12.6. The first-order valence-corrected chi connectivity index (χ1v) is 8.52. The second-order valence-electron chi connectivity index (χ2n) is 6.77. The third-order valence-corrected chi connectivity index (χ3v) is 5.01. The first kappa shape index (κ1) is 16.0. The van der Waals surface area contributed by atoms with Crippen molar-refractivity contribution in [3.05, 3.63) is 29.8 Å². The molecule has 23 heavy (non-hydrogen) atoms. The SMILES string of the molecule is CC1CC1C(=O)Nc1ccc(C(=O)N2CCCCC2CN)cc1. The molecule has 0 spiro atoms. The van der Waals surface area contributed by atoms with Crippen LogP contribution in [0.2, 0.25) is 0 Å². The van der Waals surface area contributed by atoms with Crippen molar-refractivity contribution in [3.8, 4) is 0 Å². The number of piperidine rings is 1. The molecular formula is C18H25N3O2. The van der Waals surface area contributed by atoms with Crippen LogP contribution in [0.3, 0.4) is 0 Å². The lowest BCUT2D eigenvalue weighted by Gasteiger charge is -2.35. The zero-order valence-corrected chi connectivity index (χ0v) is 13.6. The molecule has 5 heteroatoms. The van der Waals surface area contributed by atoms with Crippen LogP contribution in [0.15, 0.2) is 24.3 Å². The fraction of sp³-hybridized carbons (Fsp3) is 0.556. The lowest BCUT2D eigenvalue weighted by atomic mass is 10.0. The molecule has 0 bridgehead atoms. The predicted molar refractivity (Wildman–Crippen MR) is 90.1 cm³/mol. The van der Waals surface area contributed by atoms with Crippen LogP contribution in [0.25, 0.3) is 0 Å². The molecule has 3 unspecified atom stereocenters. The molecule has 124 valence electrons. The van der Waals surface area contributed by atoms with E-state index in [-0.39, 0.29) is 23.8 Å². The largest absolute Gasteiger partial charge is 0.334 e. The Morgan fingerprint density at radius 3 is 2.57 bits per heavy atom. The average molecular weight is 315 g/mol. The zero-order valence-electron chi connectivity index (χ0n) is 13.6. The van der Waals surface area contributed by atoms with E-state index < -0.39 is 0 Å². The third kappa shape index (κ3) is 3.55. The summed E-state index contributed by atoms with van der Waals surface area (Å²) in [7, 11) is 0. The Balaban J connectivity index is 1.64. The van der Waals surface area contributed by atoms with Crippen molar-refractivity contribution in [3.63, 3.8) is 0 Å². The number of amides is 2. The van der Waals surface area contributed by atoms with E-state index in [1.165, 1.54) is 0 Å². The van der Waals surface area contributed by atoms with E-state index in [9.17, 15) is 9.59 Å². The van der Waals surface area contributed by atoms with Crippen LogP contribution in [0.4, 0.5) is 5.69 Å². The van der Waals surface area contributed by atoms with Crippen molar-refractivity contribution in [2.24, 2.45) is 17.6 Å². The summed E-state index contributed by atoms with van der Waals surface area (Å²) in [5.41, 5.74) is 7.20. The molecule has 1 heterocycles. The Morgan fingerprint density at radius 2 is 1.96 bits per heavy atom. The van der Waals surface area contributed by atoms with Gasteiger partial charge in [0.1, 0.15) is 0 Å². The van der Waals surface area contributed by atoms with Crippen LogP contribution >= 0.6 is 0 Å². The summed E-state index contributed by atoms with van der Waals surface area (Å²) < 4.78 is 0. The number of nitrogens with one attached hydrogen (secondary N) is 1. The summed E-state index contributed by atoms with van der Waals surface area (Å²) in [6.07, 6.45) is 4.12. The van der Waals surface area contributed by atoms with E-state index in [1.807, 2.05) is 4.90 Å². The second-order valence-corrected chi connectivity index (χ2v) is 6.77. The molecule has 3 N–H and O–H groups in total. The smallest absolute Gasteiger partial charge is 0.254 e. The van der Waals surface area contributed by atoms with E-state index in [0.717, 1.165) is 37.9 Å². The summed E-state index contributed by atoms with van der Waals surface area (Å²) in [6, 6.07) is 7.33. The number of carbonyl (C=O) groups is 2. The van der Waals surface area contributed by atoms with Gasteiger partial charge in [0.25, 0.3) is 5.91 Å². The molecule has 1 saturated carbocycles. The van der Waals surface area contributed by atoms with Gasteiger partial charge in [0.2, 0.25) is 5.91 Å². The zero-order chi connectivity index (χ0) is 16.4. The maximum Gasteiger partial charge on any atom is 0.254 e. The average Bonchev–Trinajstić information content (AvgIpc) is 3.32. The minimum absolute atomic E-state index is 0.0360. The standard InChI is InChI=1S/C18H25N3O2/c1-12-10-16(12)17(22)20-14-7-5-13(6-8-14)18(23)21-9-3-2-4-15(21)11-19/h5-8,12,15-16H,2-4,9-11,19H2,1H3,(H,20,22). The van der Waals surface area contributed by atoms with E-state index in [0.29, 0.717) is 18.0 Å². The fourth-order valence-corrected chi connectivity index (χ4v) is 3.30. The van der Waals surface area contributed by atoms with Crippen LogP contribution in [-0.4, -0.2) is 35.8 Å². The van der Waals surface area contributed by atoms with Crippen molar-refractivity contribution in [2.75, 3.05) is 18.4 Å². The number of rotatable bonds is 4. The van der Waals surface area contributed by atoms with Gasteiger partial charge in [-0.15, -0.1) is 0 Å². The van der Waals surface area contributed by atoms with Gasteiger partial charge in [-0.05, 0) is 55.9 Å². The summed E-state index contributed by atoms with van der Waals surface area (Å²) in [4.78, 5) is 26.5. The number of nitrogens with zero attached hydrogens (tertiary/aromatic N) is 1. The van der Waals surface area contributed by atoms with Crippen LogP contribution in [0, 0.1) is 11.8 Å². The summed E-state index contributed by atoms with van der Waals surface area (Å²) in [5, 5.41) is 2.92. The number of anilines is 1. The summed E-state index contributed by atoms with van der Waals surface area (Å²) in [6.45, 7) is 3.37. The molecule has 2 aliphatic rings. The molecule has 1 saturated heterocycles. The molecule has 3 atom stereocenters. The Kier molecular flexibility index (Phi) is 4.66. The highest BCUT2D eigenvalue weighted by Crippen LogP contribution is 2.38. The highest BCUT2D eigenvalue weighted by molar-refractivity contribution is 5.97. The van der Waals surface area contributed by atoms with E-state index in [2.05, 4.69) is 12.2 Å². The minimum atomic E-state index is 0.0360. The summed E-state index contributed by atoms with van der Waals surface area (Å²) >= 11 is 0. The van der Waals surface area contributed by atoms with Crippen molar-refractivity contribution in [2.45, 2.75) is 38.6 Å². The molecule has 1 aromatic rings. The molecular weight excluding hydrogens is 290 g/mol. The van der Waals surface area contributed by atoms with Crippen LogP contribution in [0.1, 0.15) is 43.0 Å². The molecule has 5 nitrogen and oxygen atoms in total. The van der Waals surface area contributed by atoms with Crippen LogP contribution in [0.5, 0.6) is 0 Å². The van der Waals surface area contributed by atoms with E-state index >= 15 is 0 Å². The topological polar surface area (TPSA) is 75.4 Å². The van der Waals surface area contributed by atoms with Gasteiger partial charge in [-0.2, -0.15) is 0 Å². The lowest BCUT2D eigenvalue weighted by molar-refractivity contribution is -0.117. The van der Waals surface area contributed by atoms with Crippen molar-refractivity contribution in [1.29, 1.82) is 0 Å². The Morgan fingerprint density at radius 1 is 1.26 bits per heavy atom. The predicted octanol–water partition coefficient (Wildman–Crippen LogP) is 2.23. The number of hydrogen-bond donors (Lipinski definition) is 2. The molecule has 1 aliphatic carbocycles. The van der Waals surface area contributed by atoms with Gasteiger partial charge in [-0.3, -0.25) is 9.59 Å². The van der Waals surface area contributed by atoms with Crippen LogP contribution < -0.4 is 11.1 Å². The molecule has 1 aliphatic heterocycles. The highest BCUT2D eigenvalue weighted by atomic mass is 16.2. The van der Waals surface area contributed by atoms with E-state index in [4.69, 9.17) is 5.73 Å². The Labute approximate surface area is 137 Å². The lowest BCUT2D eigenvalue weighted by Crippen LogP contribution is -2.47. The molecule has 2 fully saturated rings. The van der Waals surface area contributed by atoms with Crippen molar-refractivity contribution < 1.29 is 9.59 Å². The normalized spacial score (nSPS) is 26.7. The first-order valence-electron chi connectivity index (χ1n) is 8.52. The quantitative estimate of drug-likeness (QED) is 0.894. The highest BCUT2D eigenvalue weighted by Gasteiger charge is 2.39. The maximum absolute atomic E-state index is 12.6. The number of nitrogens with two attached hydrogens (primary N) is 1. The molecule has 0 aromatic heterocycles. The summed E-state index contributed by atoms with van der Waals surface area (Å²) in [5.74, 6) is 0.753. The number of benzene rings is 1. The molecule has 0 radical (unpaired) electrons. The van der Waals surface area contributed by atoms with Gasteiger partial charge in [-0.1, -0.05) is 6.92 Å². The Hall–Kier alpha value is -1.88. The first-order chi connectivity index (χ1) is 11.1. The third-order valence-electron chi connectivity index (χ3n) is 5.01. The number of likely N-dealkylation sites (tertiary alicyclic amines) is 1. The fourth-order valence-electron chi connectivity index (χ4n) is 3.30. The van der Waals surface area contributed by atoms with Gasteiger partial charge in [0, 0.05) is 36.3 Å². The minimum Gasteiger partial charge on any atom is -0.334 e. The van der Waals surface area contributed by atoms with Gasteiger partial charge >= 0.3 is 0 Å². The van der Waals surface area contributed by atoms with Crippen molar-refractivity contribution in [1.82, 2.24) is 4.90 Å². The van der Waals surface area contributed by atoms with E-state index in [1.54, 1.807) is 24.3 Å². The second kappa shape index (κ2) is 6.71. The number of hydrogen-bond acceptors (Lipinski definition) is 3. The molecule has 3 rings (SSSR count). The van der Waals surface area contributed by atoms with Crippen LogP contribution in [-0.2, 0) is 4.79 Å². The molecule has 1 aromatic carbocycles. The van der Waals surface area contributed by atoms with Gasteiger partial charge < -0.3 is 16.0 Å². The van der Waals surface area contributed by atoms with Gasteiger partial charge in [0.15, 0.2) is 0 Å². The van der Waals surface area contributed by atoms with Crippen molar-refractivity contribution >= 4 is 17.5 Å². The van der Waals surface area contributed by atoms with Gasteiger partial charge in [-0.25, -0.2) is 0 Å². The monoisotopic (exact) mass is 315 g/mol.